The minimum atomic E-state index is -2.70. The summed E-state index contributed by atoms with van der Waals surface area (Å²) in [5.74, 6) is -3.31. The molecule has 1 aliphatic rings. The Balaban J connectivity index is 2.36. The molecular formula is C9H9F2NO. The van der Waals surface area contributed by atoms with Crippen LogP contribution in [0.15, 0.2) is 18.2 Å². The van der Waals surface area contributed by atoms with Crippen LogP contribution in [0.4, 0.5) is 8.78 Å². The standard InChI is InChI=1S/C9H9F2NO/c10-7-2-1-3-8(9(7)11)13-6-4-12-5-6/h1-3,6,12H,4-5H2/i4D2,5D2,6D. The number of ether oxygens (including phenoxy) is 1. The van der Waals surface area contributed by atoms with Gasteiger partial charge in [0.25, 0.3) is 0 Å². The summed E-state index contributed by atoms with van der Waals surface area (Å²) in [6.07, 6.45) is -2.70. The molecule has 0 unspecified atom stereocenters. The minimum Gasteiger partial charge on any atom is -0.485 e. The summed E-state index contributed by atoms with van der Waals surface area (Å²) in [5, 5.41) is 1.84. The van der Waals surface area contributed by atoms with Gasteiger partial charge in [-0.25, -0.2) is 4.39 Å². The highest BCUT2D eigenvalue weighted by Crippen LogP contribution is 2.20. The van der Waals surface area contributed by atoms with Crippen molar-refractivity contribution in [3.05, 3.63) is 29.8 Å². The van der Waals surface area contributed by atoms with Crippen LogP contribution < -0.4 is 10.1 Å². The number of rotatable bonds is 2. The van der Waals surface area contributed by atoms with Crippen LogP contribution in [0.2, 0.25) is 0 Å². The number of benzene rings is 1. The second-order valence-electron chi connectivity index (χ2n) is 2.36. The Hall–Kier alpha value is -1.16. The molecule has 4 heteroatoms. The van der Waals surface area contributed by atoms with Crippen molar-refractivity contribution in [2.75, 3.05) is 13.0 Å². The fourth-order valence-electron chi connectivity index (χ4n) is 0.837. The first-order valence-electron chi connectivity index (χ1n) is 6.03. The average Bonchev–Trinajstić information content (AvgIpc) is 2.22. The van der Waals surface area contributed by atoms with Gasteiger partial charge in [0.05, 0.1) is 1.37 Å². The highest BCUT2D eigenvalue weighted by molar-refractivity contribution is 5.25. The highest BCUT2D eigenvalue weighted by atomic mass is 19.2. The number of halogens is 2. The molecule has 1 heterocycles. The van der Waals surface area contributed by atoms with Gasteiger partial charge in [-0.05, 0) is 12.1 Å². The van der Waals surface area contributed by atoms with Crippen LogP contribution >= 0.6 is 0 Å². The van der Waals surface area contributed by atoms with Crippen molar-refractivity contribution >= 4 is 0 Å². The SMILES string of the molecule is [2H]C1([2H])NC([2H])([2H])C1([2H])Oc1cccc(F)c1F. The number of hydrogen-bond acceptors (Lipinski definition) is 2. The lowest BCUT2D eigenvalue weighted by Gasteiger charge is -2.27. The van der Waals surface area contributed by atoms with Crippen LogP contribution in [-0.4, -0.2) is 19.1 Å². The van der Waals surface area contributed by atoms with Gasteiger partial charge in [-0.1, -0.05) is 6.07 Å². The van der Waals surface area contributed by atoms with Gasteiger partial charge in [0.1, 0.15) is 6.08 Å². The molecule has 0 radical (unpaired) electrons. The van der Waals surface area contributed by atoms with Gasteiger partial charge in [-0.2, -0.15) is 4.39 Å². The van der Waals surface area contributed by atoms with Gasteiger partial charge in [-0.3, -0.25) is 0 Å². The van der Waals surface area contributed by atoms with Gasteiger partial charge >= 0.3 is 0 Å². The third kappa shape index (κ3) is 1.62. The summed E-state index contributed by atoms with van der Waals surface area (Å²) in [6.45, 7) is -5.04. The number of nitrogens with one attached hydrogen (secondary N) is 1. The Morgan fingerprint density at radius 2 is 2.31 bits per heavy atom. The third-order valence-electron chi connectivity index (χ3n) is 1.48. The minimum absolute atomic E-state index is 0.709. The lowest BCUT2D eigenvalue weighted by Crippen LogP contribution is -2.50. The lowest BCUT2D eigenvalue weighted by molar-refractivity contribution is 0.135. The van der Waals surface area contributed by atoms with Crippen molar-refractivity contribution in [3.63, 3.8) is 0 Å². The molecular weight excluding hydrogens is 176 g/mol. The maximum atomic E-state index is 13.3. The Morgan fingerprint density at radius 3 is 3.00 bits per heavy atom. The molecule has 1 fully saturated rings. The molecule has 0 aliphatic carbocycles. The molecule has 0 saturated carbocycles. The zero-order chi connectivity index (χ0) is 13.8. The molecule has 0 bridgehead atoms. The van der Waals surface area contributed by atoms with E-state index in [2.05, 4.69) is 0 Å². The van der Waals surface area contributed by atoms with Crippen LogP contribution in [0.3, 0.4) is 0 Å². The summed E-state index contributed by atoms with van der Waals surface area (Å²) < 4.78 is 68.0. The van der Waals surface area contributed by atoms with E-state index in [1.165, 1.54) is 0 Å². The second kappa shape index (κ2) is 3.30. The van der Waals surface area contributed by atoms with E-state index in [9.17, 15) is 8.78 Å². The van der Waals surface area contributed by atoms with Crippen LogP contribution in [0.1, 0.15) is 6.85 Å². The predicted molar refractivity (Wildman–Crippen MR) is 43.6 cm³/mol. The molecule has 1 aromatic rings. The molecule has 1 N–H and O–H groups in total. The zero-order valence-corrected chi connectivity index (χ0v) is 6.40. The van der Waals surface area contributed by atoms with Crippen molar-refractivity contribution in [2.45, 2.75) is 6.08 Å². The molecule has 2 nitrogen and oxygen atoms in total. The van der Waals surface area contributed by atoms with Gasteiger partial charge in [0.2, 0.25) is 5.82 Å². The van der Waals surface area contributed by atoms with Crippen LogP contribution in [0.25, 0.3) is 0 Å². The molecule has 1 aromatic carbocycles. The van der Waals surface area contributed by atoms with Gasteiger partial charge in [0.15, 0.2) is 11.6 Å². The van der Waals surface area contributed by atoms with Crippen LogP contribution in [-0.2, 0) is 0 Å². The first kappa shape index (κ1) is 4.37. The van der Waals surface area contributed by atoms with E-state index in [0.717, 1.165) is 18.2 Å². The first-order chi connectivity index (χ1) is 8.11. The largest absolute Gasteiger partial charge is 0.485 e. The molecule has 1 aliphatic heterocycles. The third-order valence-corrected chi connectivity index (χ3v) is 1.48. The lowest BCUT2D eigenvalue weighted by atomic mass is 10.2. The fraction of sp³-hybridized carbons (Fsp3) is 0.333. The van der Waals surface area contributed by atoms with Gasteiger partial charge in [0, 0.05) is 18.5 Å². The average molecular weight is 190 g/mol. The first-order valence-corrected chi connectivity index (χ1v) is 3.53. The van der Waals surface area contributed by atoms with Gasteiger partial charge in [-0.15, -0.1) is 0 Å². The van der Waals surface area contributed by atoms with Crippen molar-refractivity contribution in [3.8, 4) is 5.75 Å². The Labute approximate surface area is 81.5 Å². The van der Waals surface area contributed by atoms with E-state index >= 15 is 0 Å². The number of hydrogen-bond donors (Lipinski definition) is 1. The van der Waals surface area contributed by atoms with Crippen LogP contribution in [0.5, 0.6) is 5.75 Å². The molecule has 0 aromatic heterocycles. The molecule has 13 heavy (non-hydrogen) atoms. The van der Waals surface area contributed by atoms with Crippen molar-refractivity contribution in [1.29, 1.82) is 0 Å². The molecule has 0 amide bonds. The molecule has 0 spiro atoms. The Bertz CT molecular complexity index is 482. The molecule has 1 saturated heterocycles. The van der Waals surface area contributed by atoms with Crippen molar-refractivity contribution < 1.29 is 20.4 Å². The normalized spacial score (nSPS) is 32.6. The molecule has 70 valence electrons. The quantitative estimate of drug-likeness (QED) is 0.759. The van der Waals surface area contributed by atoms with Crippen LogP contribution in [0, 0.1) is 11.6 Å². The van der Waals surface area contributed by atoms with E-state index in [1.807, 2.05) is 5.32 Å². The summed E-state index contributed by atoms with van der Waals surface area (Å²) >= 11 is 0. The van der Waals surface area contributed by atoms with E-state index in [1.54, 1.807) is 0 Å². The van der Waals surface area contributed by atoms with Gasteiger partial charge < -0.3 is 10.1 Å². The Morgan fingerprint density at radius 1 is 1.54 bits per heavy atom. The summed E-state index contributed by atoms with van der Waals surface area (Å²) in [7, 11) is 0. The van der Waals surface area contributed by atoms with E-state index in [0.29, 0.717) is 0 Å². The molecule has 0 atom stereocenters. The smallest absolute Gasteiger partial charge is 0.200 e. The monoisotopic (exact) mass is 190 g/mol. The topological polar surface area (TPSA) is 21.3 Å². The summed E-state index contributed by atoms with van der Waals surface area (Å²) in [6, 6.07) is 2.95. The summed E-state index contributed by atoms with van der Waals surface area (Å²) in [5.41, 5.74) is 0. The zero-order valence-electron chi connectivity index (χ0n) is 11.4. The molecule has 2 rings (SSSR count). The maximum absolute atomic E-state index is 13.3. The second-order valence-corrected chi connectivity index (χ2v) is 2.36. The van der Waals surface area contributed by atoms with E-state index < -0.39 is 36.5 Å². The fourth-order valence-corrected chi connectivity index (χ4v) is 0.837. The van der Waals surface area contributed by atoms with E-state index in [-0.39, 0.29) is 0 Å². The summed E-state index contributed by atoms with van der Waals surface area (Å²) in [4.78, 5) is 0. The maximum Gasteiger partial charge on any atom is 0.200 e. The van der Waals surface area contributed by atoms with Crippen molar-refractivity contribution in [2.24, 2.45) is 0 Å². The highest BCUT2D eigenvalue weighted by Gasteiger charge is 2.20. The predicted octanol–water partition coefficient (Wildman–Crippen LogP) is 1.32. The Kier molecular flexibility index (Phi) is 1.11. The van der Waals surface area contributed by atoms with E-state index in [4.69, 9.17) is 11.6 Å². The van der Waals surface area contributed by atoms with Crippen molar-refractivity contribution in [1.82, 2.24) is 5.32 Å².